The molecule has 0 unspecified atom stereocenters. The van der Waals surface area contributed by atoms with Gasteiger partial charge < -0.3 is 10.2 Å². The summed E-state index contributed by atoms with van der Waals surface area (Å²) in [5.74, 6) is 1.23. The lowest BCUT2D eigenvalue weighted by atomic mass is 9.83. The number of hydrogen-bond donors (Lipinski definition) is 1. The van der Waals surface area contributed by atoms with E-state index in [9.17, 15) is 9.18 Å². The van der Waals surface area contributed by atoms with Crippen LogP contribution in [0.1, 0.15) is 43.7 Å². The Labute approximate surface area is 167 Å². The topological polar surface area (TPSA) is 49.6 Å². The van der Waals surface area contributed by atoms with E-state index in [2.05, 4.69) is 10.2 Å². The zero-order chi connectivity index (χ0) is 19.1. The summed E-state index contributed by atoms with van der Waals surface area (Å²) in [5.41, 5.74) is 1.72. The lowest BCUT2D eigenvalue weighted by molar-refractivity contribution is -0.139. The summed E-state index contributed by atoms with van der Waals surface area (Å²) in [6.45, 7) is 1.61. The van der Waals surface area contributed by atoms with Crippen LogP contribution in [0.3, 0.4) is 0 Å². The van der Waals surface area contributed by atoms with Gasteiger partial charge in [0.25, 0.3) is 0 Å². The number of hydrogen-bond acceptors (Lipinski definition) is 4. The number of imidazole rings is 1. The van der Waals surface area contributed by atoms with Crippen LogP contribution in [0.5, 0.6) is 0 Å². The first kappa shape index (κ1) is 17.7. The van der Waals surface area contributed by atoms with Crippen LogP contribution in [0.4, 0.5) is 16.0 Å². The van der Waals surface area contributed by atoms with Gasteiger partial charge >= 0.3 is 0 Å². The molecule has 1 saturated heterocycles. The highest BCUT2D eigenvalue weighted by molar-refractivity contribution is 7.15. The molecule has 28 heavy (non-hydrogen) atoms. The van der Waals surface area contributed by atoms with Crippen molar-refractivity contribution >= 4 is 33.7 Å². The number of rotatable bonds is 4. The van der Waals surface area contributed by atoms with Gasteiger partial charge in [-0.2, -0.15) is 0 Å². The van der Waals surface area contributed by atoms with Gasteiger partial charge in [0.05, 0.1) is 5.69 Å². The van der Waals surface area contributed by atoms with Crippen molar-refractivity contribution in [3.63, 3.8) is 0 Å². The van der Waals surface area contributed by atoms with Gasteiger partial charge in [-0.1, -0.05) is 12.5 Å². The fourth-order valence-corrected chi connectivity index (χ4v) is 5.12. The van der Waals surface area contributed by atoms with Crippen LogP contribution in [-0.2, 0) is 4.79 Å². The summed E-state index contributed by atoms with van der Waals surface area (Å²) in [5, 5.41) is 5.28. The predicted molar refractivity (Wildman–Crippen MR) is 109 cm³/mol. The van der Waals surface area contributed by atoms with E-state index >= 15 is 0 Å². The number of likely N-dealkylation sites (tertiary alicyclic amines) is 1. The molecule has 3 aromatic rings. The molecule has 5 nitrogen and oxygen atoms in total. The monoisotopic (exact) mass is 398 g/mol. The highest BCUT2D eigenvalue weighted by atomic mass is 32.1. The standard InChI is InChI=1S/C21H23FN4OS/c22-16-7-2-8-17(12-16)23-21-24-18(20-26(21)10-11-28-20)15-6-3-9-25(13-15)19(27)14-4-1-5-14/h2,7-8,10-12,14-15H,1,3-6,9,13H2,(H,23,24)/t15-/m1/s1. The third-order valence-electron chi connectivity index (χ3n) is 5.94. The lowest BCUT2D eigenvalue weighted by Crippen LogP contribution is -2.44. The third kappa shape index (κ3) is 3.17. The van der Waals surface area contributed by atoms with Crippen molar-refractivity contribution in [3.8, 4) is 0 Å². The van der Waals surface area contributed by atoms with Gasteiger partial charge in [0.15, 0.2) is 0 Å². The summed E-state index contributed by atoms with van der Waals surface area (Å²) in [6, 6.07) is 6.41. The highest BCUT2D eigenvalue weighted by Crippen LogP contribution is 2.36. The fourth-order valence-electron chi connectivity index (χ4n) is 4.21. The number of anilines is 2. The largest absolute Gasteiger partial charge is 0.342 e. The van der Waals surface area contributed by atoms with Crippen LogP contribution >= 0.6 is 11.3 Å². The lowest BCUT2D eigenvalue weighted by Gasteiger charge is -2.36. The van der Waals surface area contributed by atoms with Gasteiger partial charge in [-0.05, 0) is 43.9 Å². The zero-order valence-electron chi connectivity index (χ0n) is 15.6. The van der Waals surface area contributed by atoms with E-state index in [4.69, 9.17) is 4.98 Å². The number of thiazole rings is 1. The summed E-state index contributed by atoms with van der Waals surface area (Å²) in [7, 11) is 0. The van der Waals surface area contributed by atoms with E-state index in [1.165, 1.54) is 18.6 Å². The van der Waals surface area contributed by atoms with Crippen LogP contribution in [0.15, 0.2) is 35.8 Å². The summed E-state index contributed by atoms with van der Waals surface area (Å²) in [6.07, 6.45) is 7.30. The minimum atomic E-state index is -0.277. The molecule has 7 heteroatoms. The van der Waals surface area contributed by atoms with Crippen molar-refractivity contribution in [2.24, 2.45) is 5.92 Å². The minimum absolute atomic E-state index is 0.243. The zero-order valence-corrected chi connectivity index (χ0v) is 16.4. The molecule has 5 rings (SSSR count). The molecule has 0 radical (unpaired) electrons. The number of carbonyl (C=O) groups excluding carboxylic acids is 1. The van der Waals surface area contributed by atoms with Gasteiger partial charge in [0.2, 0.25) is 11.9 Å². The Kier molecular flexibility index (Phi) is 4.55. The molecule has 1 aliphatic carbocycles. The molecular formula is C21H23FN4OS. The number of aromatic nitrogens is 2. The minimum Gasteiger partial charge on any atom is -0.342 e. The SMILES string of the molecule is O=C(C1CCC1)N1CCC[C@@H](c2nc(Nc3cccc(F)c3)n3ccsc23)C1. The van der Waals surface area contributed by atoms with Crippen molar-refractivity contribution < 1.29 is 9.18 Å². The normalized spacial score (nSPS) is 20.3. The Morgan fingerprint density at radius 1 is 1.25 bits per heavy atom. The molecule has 1 aliphatic heterocycles. The van der Waals surface area contributed by atoms with Crippen LogP contribution < -0.4 is 5.32 Å². The average molecular weight is 399 g/mol. The Bertz CT molecular complexity index is 1010. The van der Waals surface area contributed by atoms with Gasteiger partial charge in [-0.25, -0.2) is 9.37 Å². The van der Waals surface area contributed by atoms with Gasteiger partial charge in [-0.15, -0.1) is 11.3 Å². The van der Waals surface area contributed by atoms with Crippen LogP contribution in [-0.4, -0.2) is 33.3 Å². The first-order valence-electron chi connectivity index (χ1n) is 9.96. The molecular weight excluding hydrogens is 375 g/mol. The van der Waals surface area contributed by atoms with E-state index in [1.54, 1.807) is 17.4 Å². The molecule has 3 heterocycles. The summed E-state index contributed by atoms with van der Waals surface area (Å²) >= 11 is 1.66. The Hall–Kier alpha value is -2.41. The van der Waals surface area contributed by atoms with Crippen LogP contribution in [0, 0.1) is 11.7 Å². The summed E-state index contributed by atoms with van der Waals surface area (Å²) < 4.78 is 15.6. The molecule has 1 saturated carbocycles. The van der Waals surface area contributed by atoms with E-state index in [1.807, 2.05) is 22.0 Å². The van der Waals surface area contributed by atoms with Crippen molar-refractivity contribution in [1.29, 1.82) is 0 Å². The molecule has 146 valence electrons. The smallest absolute Gasteiger partial charge is 0.225 e. The number of nitrogens with zero attached hydrogens (tertiary/aromatic N) is 3. The first-order valence-corrected chi connectivity index (χ1v) is 10.8. The number of fused-ring (bicyclic) bond motifs is 1. The van der Waals surface area contributed by atoms with E-state index < -0.39 is 0 Å². The van der Waals surface area contributed by atoms with Gasteiger partial charge in [0.1, 0.15) is 10.6 Å². The first-order chi connectivity index (χ1) is 13.7. The molecule has 0 spiro atoms. The van der Waals surface area contributed by atoms with E-state index in [0.717, 1.165) is 49.3 Å². The maximum absolute atomic E-state index is 13.5. The number of piperidine rings is 1. The Morgan fingerprint density at radius 2 is 2.14 bits per heavy atom. The van der Waals surface area contributed by atoms with Gasteiger partial charge in [-0.3, -0.25) is 9.20 Å². The van der Waals surface area contributed by atoms with E-state index in [0.29, 0.717) is 17.5 Å². The molecule has 1 atom stereocenters. The number of nitrogens with one attached hydrogen (secondary N) is 1. The quantitative estimate of drug-likeness (QED) is 0.688. The van der Waals surface area contributed by atoms with Crippen molar-refractivity contribution in [2.45, 2.75) is 38.0 Å². The molecule has 2 fully saturated rings. The number of halogens is 1. The molecule has 0 bridgehead atoms. The van der Waals surface area contributed by atoms with Crippen LogP contribution in [0.2, 0.25) is 0 Å². The number of amides is 1. The predicted octanol–water partition coefficient (Wildman–Crippen LogP) is 4.78. The third-order valence-corrected chi connectivity index (χ3v) is 6.82. The van der Waals surface area contributed by atoms with Crippen molar-refractivity contribution in [2.75, 3.05) is 18.4 Å². The van der Waals surface area contributed by atoms with E-state index in [-0.39, 0.29) is 17.7 Å². The molecule has 2 aliphatic rings. The second-order valence-corrected chi connectivity index (χ2v) is 8.68. The van der Waals surface area contributed by atoms with Crippen LogP contribution in [0.25, 0.3) is 4.83 Å². The molecule has 1 amide bonds. The second-order valence-electron chi connectivity index (χ2n) is 7.79. The Balaban J connectivity index is 1.41. The molecule has 1 aromatic carbocycles. The number of carbonyl (C=O) groups is 1. The van der Waals surface area contributed by atoms with Crippen molar-refractivity contribution in [1.82, 2.24) is 14.3 Å². The summed E-state index contributed by atoms with van der Waals surface area (Å²) in [4.78, 5) is 20.7. The van der Waals surface area contributed by atoms with Crippen molar-refractivity contribution in [3.05, 3.63) is 47.4 Å². The highest BCUT2D eigenvalue weighted by Gasteiger charge is 2.34. The second kappa shape index (κ2) is 7.20. The average Bonchev–Trinajstić information content (AvgIpc) is 3.24. The Morgan fingerprint density at radius 3 is 2.93 bits per heavy atom. The maximum atomic E-state index is 13.5. The fraction of sp³-hybridized carbons (Fsp3) is 0.429. The van der Waals surface area contributed by atoms with Gasteiger partial charge in [0, 0.05) is 42.2 Å². The molecule has 1 N–H and O–H groups in total. The maximum Gasteiger partial charge on any atom is 0.225 e. The molecule has 2 aromatic heterocycles. The number of benzene rings is 1.